The number of pyridine rings is 1. The molecule has 2 aromatic rings. The molecule has 3 rings (SSSR count). The van der Waals surface area contributed by atoms with Gasteiger partial charge in [-0.2, -0.15) is 0 Å². The molecular weight excluding hydrogens is 396 g/mol. The smallest absolute Gasteiger partial charge is 0.251 e. The van der Waals surface area contributed by atoms with E-state index in [4.69, 9.17) is 9.47 Å². The van der Waals surface area contributed by atoms with Gasteiger partial charge in [0, 0.05) is 31.4 Å². The third-order valence-electron chi connectivity index (χ3n) is 4.88. The molecule has 1 aliphatic rings. The van der Waals surface area contributed by atoms with Gasteiger partial charge in [0.15, 0.2) is 0 Å². The number of nitrogens with zero attached hydrogens (tertiary/aromatic N) is 2. The van der Waals surface area contributed by atoms with Crippen LogP contribution in [0.1, 0.15) is 36.7 Å². The predicted molar refractivity (Wildman–Crippen MR) is 118 cm³/mol. The Morgan fingerprint density at radius 1 is 1.10 bits per heavy atom. The first-order valence-corrected chi connectivity index (χ1v) is 10.6. The molecule has 0 aliphatic carbocycles. The molecule has 1 aromatic carbocycles. The van der Waals surface area contributed by atoms with E-state index in [2.05, 4.69) is 34.4 Å². The lowest BCUT2D eigenvalue weighted by Crippen LogP contribution is -2.45. The Bertz CT molecular complexity index is 860. The fourth-order valence-electron chi connectivity index (χ4n) is 3.47. The highest BCUT2D eigenvalue weighted by atomic mass is 16.5. The van der Waals surface area contributed by atoms with Crippen LogP contribution in [0.4, 0.5) is 5.82 Å². The summed E-state index contributed by atoms with van der Waals surface area (Å²) in [6.07, 6.45) is 2.10. The summed E-state index contributed by atoms with van der Waals surface area (Å²) in [5.41, 5.74) is 1.37. The van der Waals surface area contributed by atoms with Crippen molar-refractivity contribution in [3.8, 4) is 5.75 Å². The Morgan fingerprint density at radius 2 is 1.81 bits per heavy atom. The van der Waals surface area contributed by atoms with Crippen LogP contribution in [0.5, 0.6) is 5.75 Å². The van der Waals surface area contributed by atoms with E-state index in [1.54, 1.807) is 30.5 Å². The van der Waals surface area contributed by atoms with Crippen molar-refractivity contribution in [3.05, 3.63) is 53.7 Å². The second kappa shape index (κ2) is 10.8. The maximum absolute atomic E-state index is 12.2. The average molecular weight is 427 g/mol. The van der Waals surface area contributed by atoms with E-state index in [0.717, 1.165) is 24.5 Å². The molecule has 1 fully saturated rings. The van der Waals surface area contributed by atoms with E-state index in [1.165, 1.54) is 0 Å². The van der Waals surface area contributed by atoms with E-state index in [-0.39, 0.29) is 30.6 Å². The molecule has 2 unspecified atom stereocenters. The monoisotopic (exact) mass is 426 g/mol. The summed E-state index contributed by atoms with van der Waals surface area (Å²) in [4.78, 5) is 31.0. The molecule has 0 radical (unpaired) electrons. The van der Waals surface area contributed by atoms with Gasteiger partial charge >= 0.3 is 0 Å². The SMILES string of the molecule is CCOc1ccc(C(=O)NCC(=O)NCc2ccc(N3CC(C)OC(C)C3)nc2)cc1. The lowest BCUT2D eigenvalue weighted by atomic mass is 10.2. The van der Waals surface area contributed by atoms with Crippen LogP contribution in [0.15, 0.2) is 42.6 Å². The molecule has 0 bridgehead atoms. The van der Waals surface area contributed by atoms with Crippen molar-refractivity contribution in [1.82, 2.24) is 15.6 Å². The lowest BCUT2D eigenvalue weighted by Gasteiger charge is -2.36. The van der Waals surface area contributed by atoms with Crippen LogP contribution in [-0.2, 0) is 16.1 Å². The number of carbonyl (C=O) groups is 2. The van der Waals surface area contributed by atoms with E-state index in [0.29, 0.717) is 24.5 Å². The standard InChI is InChI=1S/C23H30N4O4/c1-4-30-20-8-6-19(7-9-20)23(29)26-13-22(28)25-12-18-5-10-21(24-11-18)27-14-16(2)31-17(3)15-27/h5-11,16-17H,4,12-15H2,1-3H3,(H,25,28)(H,26,29). The van der Waals surface area contributed by atoms with Crippen molar-refractivity contribution in [1.29, 1.82) is 0 Å². The molecule has 1 aliphatic heterocycles. The van der Waals surface area contributed by atoms with Gasteiger partial charge in [-0.15, -0.1) is 0 Å². The van der Waals surface area contributed by atoms with Gasteiger partial charge in [-0.05, 0) is 56.7 Å². The summed E-state index contributed by atoms with van der Waals surface area (Å²) >= 11 is 0. The van der Waals surface area contributed by atoms with Crippen molar-refractivity contribution >= 4 is 17.6 Å². The Hall–Kier alpha value is -3.13. The third-order valence-corrected chi connectivity index (χ3v) is 4.88. The minimum atomic E-state index is -0.307. The molecular formula is C23H30N4O4. The van der Waals surface area contributed by atoms with Gasteiger partial charge in [-0.1, -0.05) is 6.07 Å². The fraction of sp³-hybridized carbons (Fsp3) is 0.435. The Kier molecular flexibility index (Phi) is 7.83. The second-order valence-electron chi connectivity index (χ2n) is 7.60. The normalized spacial score (nSPS) is 18.4. The van der Waals surface area contributed by atoms with Gasteiger partial charge in [0.1, 0.15) is 11.6 Å². The van der Waals surface area contributed by atoms with Crippen molar-refractivity contribution in [3.63, 3.8) is 0 Å². The maximum Gasteiger partial charge on any atom is 0.251 e. The van der Waals surface area contributed by atoms with Crippen molar-refractivity contribution in [2.75, 3.05) is 31.1 Å². The number of anilines is 1. The van der Waals surface area contributed by atoms with E-state index in [9.17, 15) is 9.59 Å². The molecule has 2 heterocycles. The fourth-order valence-corrected chi connectivity index (χ4v) is 3.47. The van der Waals surface area contributed by atoms with Crippen LogP contribution in [0, 0.1) is 0 Å². The molecule has 8 nitrogen and oxygen atoms in total. The molecule has 2 amide bonds. The van der Waals surface area contributed by atoms with Crippen LogP contribution in [0.2, 0.25) is 0 Å². The molecule has 2 atom stereocenters. The second-order valence-corrected chi connectivity index (χ2v) is 7.60. The highest BCUT2D eigenvalue weighted by molar-refractivity contribution is 5.96. The van der Waals surface area contributed by atoms with E-state index in [1.807, 2.05) is 19.1 Å². The zero-order valence-corrected chi connectivity index (χ0v) is 18.3. The summed E-state index contributed by atoms with van der Waals surface area (Å²) in [6, 6.07) is 10.7. The zero-order chi connectivity index (χ0) is 22.2. The Balaban J connectivity index is 1.42. The molecule has 2 N–H and O–H groups in total. The minimum absolute atomic E-state index is 0.0961. The van der Waals surface area contributed by atoms with Gasteiger partial charge in [0.05, 0.1) is 25.4 Å². The number of morpholine rings is 1. The summed E-state index contributed by atoms with van der Waals surface area (Å²) in [7, 11) is 0. The van der Waals surface area contributed by atoms with Gasteiger partial charge in [0.2, 0.25) is 5.91 Å². The Morgan fingerprint density at radius 3 is 2.42 bits per heavy atom. The molecule has 0 spiro atoms. The van der Waals surface area contributed by atoms with Crippen molar-refractivity contribution in [2.45, 2.75) is 39.5 Å². The van der Waals surface area contributed by atoms with Gasteiger partial charge in [0.25, 0.3) is 5.91 Å². The number of carbonyl (C=O) groups excluding carboxylic acids is 2. The van der Waals surface area contributed by atoms with Crippen LogP contribution in [0.25, 0.3) is 0 Å². The maximum atomic E-state index is 12.2. The van der Waals surface area contributed by atoms with E-state index >= 15 is 0 Å². The van der Waals surface area contributed by atoms with Crippen LogP contribution < -0.4 is 20.3 Å². The molecule has 166 valence electrons. The number of ether oxygens (including phenoxy) is 2. The topological polar surface area (TPSA) is 92.8 Å². The first kappa shape index (κ1) is 22.6. The molecule has 1 saturated heterocycles. The summed E-state index contributed by atoms with van der Waals surface area (Å²) in [5.74, 6) is 1.03. The first-order valence-electron chi connectivity index (χ1n) is 10.6. The highest BCUT2D eigenvalue weighted by Crippen LogP contribution is 2.18. The minimum Gasteiger partial charge on any atom is -0.494 e. The van der Waals surface area contributed by atoms with Crippen molar-refractivity contribution < 1.29 is 19.1 Å². The highest BCUT2D eigenvalue weighted by Gasteiger charge is 2.23. The summed E-state index contributed by atoms with van der Waals surface area (Å²) in [5, 5.41) is 5.42. The Labute approximate surface area is 182 Å². The number of nitrogens with one attached hydrogen (secondary N) is 2. The summed E-state index contributed by atoms with van der Waals surface area (Å²) in [6.45, 7) is 8.44. The van der Waals surface area contributed by atoms with Gasteiger partial charge < -0.3 is 25.0 Å². The number of amides is 2. The third kappa shape index (κ3) is 6.68. The molecule has 1 aromatic heterocycles. The van der Waals surface area contributed by atoms with Crippen LogP contribution in [-0.4, -0.2) is 55.2 Å². The average Bonchev–Trinajstić information content (AvgIpc) is 2.76. The lowest BCUT2D eigenvalue weighted by molar-refractivity contribution is -0.120. The number of aromatic nitrogens is 1. The molecule has 0 saturated carbocycles. The predicted octanol–water partition coefficient (Wildman–Crippen LogP) is 2.14. The van der Waals surface area contributed by atoms with Crippen LogP contribution in [0.3, 0.4) is 0 Å². The van der Waals surface area contributed by atoms with Gasteiger partial charge in [-0.25, -0.2) is 4.98 Å². The van der Waals surface area contributed by atoms with E-state index < -0.39 is 0 Å². The van der Waals surface area contributed by atoms with Crippen LogP contribution >= 0.6 is 0 Å². The largest absolute Gasteiger partial charge is 0.494 e. The molecule has 8 heteroatoms. The number of benzene rings is 1. The molecule has 31 heavy (non-hydrogen) atoms. The quantitative estimate of drug-likeness (QED) is 0.672. The number of rotatable bonds is 8. The first-order chi connectivity index (χ1) is 14.9. The van der Waals surface area contributed by atoms with Gasteiger partial charge in [-0.3, -0.25) is 9.59 Å². The number of hydrogen-bond acceptors (Lipinski definition) is 6. The van der Waals surface area contributed by atoms with Crippen molar-refractivity contribution in [2.24, 2.45) is 0 Å². The summed E-state index contributed by atoms with van der Waals surface area (Å²) < 4.78 is 11.1. The number of hydrogen-bond donors (Lipinski definition) is 2. The zero-order valence-electron chi connectivity index (χ0n) is 18.3.